The van der Waals surface area contributed by atoms with E-state index >= 15 is 0 Å². The minimum atomic E-state index is -0.0227. The van der Waals surface area contributed by atoms with Gasteiger partial charge in [0.05, 0.1) is 6.57 Å². The van der Waals surface area contributed by atoms with Gasteiger partial charge in [0.25, 0.3) is 0 Å². The number of hydrogen-bond donors (Lipinski definition) is 1. The van der Waals surface area contributed by atoms with Crippen molar-refractivity contribution in [1.82, 2.24) is 0 Å². The van der Waals surface area contributed by atoms with E-state index in [9.17, 15) is 4.79 Å². The van der Waals surface area contributed by atoms with E-state index in [4.69, 9.17) is 6.57 Å². The van der Waals surface area contributed by atoms with Gasteiger partial charge >= 0.3 is 0 Å². The highest BCUT2D eigenvalue weighted by Crippen LogP contribution is 2.66. The summed E-state index contributed by atoms with van der Waals surface area (Å²) in [6, 6.07) is 12.4. The van der Waals surface area contributed by atoms with Gasteiger partial charge in [-0.1, -0.05) is 45.4 Å². The number of nitrogens with zero attached hydrogens (tertiary/aromatic N) is 1. The van der Waals surface area contributed by atoms with Crippen LogP contribution in [-0.2, 0) is 22.0 Å². The minimum absolute atomic E-state index is 0.0110. The Hall–Kier alpha value is -1.87. The first-order valence-corrected chi connectivity index (χ1v) is 11.5. The summed E-state index contributed by atoms with van der Waals surface area (Å²) in [4.78, 5) is 16.8. The number of benzene rings is 2. The molecule has 4 heteroatoms. The summed E-state index contributed by atoms with van der Waals surface area (Å²) in [6.45, 7) is 14.1. The molecule has 1 amide bonds. The van der Waals surface area contributed by atoms with Gasteiger partial charge in [0.2, 0.25) is 5.91 Å². The van der Waals surface area contributed by atoms with Crippen LogP contribution in [0.2, 0.25) is 0 Å². The molecule has 1 saturated carbocycles. The number of aryl methyl sites for hydroxylation is 1. The van der Waals surface area contributed by atoms with Crippen molar-refractivity contribution in [3.05, 3.63) is 68.1 Å². The molecular weight excluding hydrogens is 471 g/mol. The number of hydrogen-bond acceptors (Lipinski definition) is 1. The van der Waals surface area contributed by atoms with Crippen molar-refractivity contribution < 1.29 is 4.79 Å². The van der Waals surface area contributed by atoms with Gasteiger partial charge in [0.15, 0.2) is 5.69 Å². The first-order chi connectivity index (χ1) is 13.8. The number of anilines is 1. The molecule has 0 aromatic heterocycles. The minimum Gasteiger partial charge on any atom is -0.327 e. The number of unbranched alkanes of at least 4 members (excludes halogenated alkanes) is 1. The third-order valence-electron chi connectivity index (χ3n) is 6.68. The number of amides is 1. The van der Waals surface area contributed by atoms with Crippen LogP contribution < -0.4 is 5.32 Å². The van der Waals surface area contributed by atoms with Crippen molar-refractivity contribution in [3.8, 4) is 0 Å². The number of carbonyl (C=O) groups excluding carboxylic acids is 1. The van der Waals surface area contributed by atoms with Crippen LogP contribution >= 0.6 is 22.6 Å². The smallest absolute Gasteiger partial charge is 0.228 e. The molecule has 0 heterocycles. The topological polar surface area (TPSA) is 33.5 Å². The Balaban J connectivity index is 1.60. The fourth-order valence-corrected chi connectivity index (χ4v) is 5.69. The molecule has 1 fully saturated rings. The predicted octanol–water partition coefficient (Wildman–Crippen LogP) is 6.76. The average Bonchev–Trinajstić information content (AvgIpc) is 3.35. The molecule has 1 N–H and O–H groups in total. The summed E-state index contributed by atoms with van der Waals surface area (Å²) in [5, 5.41) is 3.20. The molecule has 2 aliphatic carbocycles. The fraction of sp³-hybridized carbons (Fsp3) is 0.440. The second-order valence-electron chi connectivity index (χ2n) is 9.21. The number of rotatable bonds is 5. The molecule has 0 radical (unpaired) electrons. The highest BCUT2D eigenvalue weighted by Gasteiger charge is 2.65. The zero-order valence-corrected chi connectivity index (χ0v) is 19.5. The van der Waals surface area contributed by atoms with Crippen molar-refractivity contribution in [2.45, 2.75) is 63.7 Å². The molecule has 4 rings (SSSR count). The van der Waals surface area contributed by atoms with Crippen molar-refractivity contribution in [3.63, 3.8) is 0 Å². The molecule has 2 aliphatic rings. The molecule has 2 atom stereocenters. The van der Waals surface area contributed by atoms with Crippen LogP contribution in [0.4, 0.5) is 11.4 Å². The van der Waals surface area contributed by atoms with E-state index in [1.54, 1.807) is 0 Å². The van der Waals surface area contributed by atoms with Gasteiger partial charge in [-0.15, -0.1) is 0 Å². The molecular formula is C25H27IN2O. The van der Waals surface area contributed by atoms with E-state index < -0.39 is 0 Å². The number of nitrogens with one attached hydrogen (secondary N) is 1. The second-order valence-corrected chi connectivity index (χ2v) is 10.5. The van der Waals surface area contributed by atoms with Gasteiger partial charge in [0, 0.05) is 20.6 Å². The Morgan fingerprint density at radius 2 is 2.03 bits per heavy atom. The number of halogens is 1. The van der Waals surface area contributed by atoms with E-state index in [-0.39, 0.29) is 22.7 Å². The third-order valence-corrected chi connectivity index (χ3v) is 7.35. The van der Waals surface area contributed by atoms with Gasteiger partial charge in [0.1, 0.15) is 0 Å². The van der Waals surface area contributed by atoms with Crippen LogP contribution in [0.25, 0.3) is 4.85 Å². The van der Waals surface area contributed by atoms with E-state index in [0.29, 0.717) is 5.69 Å². The van der Waals surface area contributed by atoms with E-state index in [1.807, 2.05) is 18.2 Å². The lowest BCUT2D eigenvalue weighted by Gasteiger charge is -2.19. The Morgan fingerprint density at radius 3 is 2.76 bits per heavy atom. The molecule has 2 aromatic rings. The maximum Gasteiger partial charge on any atom is 0.228 e. The molecule has 0 aliphatic heterocycles. The summed E-state index contributed by atoms with van der Waals surface area (Å²) in [6.07, 6.45) is 5.05. The maximum atomic E-state index is 13.3. The molecule has 3 nitrogen and oxygen atoms in total. The standard InChI is InChI=1S/C25H27IN2O/c1-5-6-7-16-8-10-18(27-4)13-22(16)28-23(29)21-14-25(21)15-24(2,3)19-11-9-17(26)12-20(19)25/h8-13,21H,5-7,14-15H2,1-3H3,(H,28,29)/t21-,25+/m0/s1. The van der Waals surface area contributed by atoms with Crippen molar-refractivity contribution in [2.75, 3.05) is 5.32 Å². The first-order valence-electron chi connectivity index (χ1n) is 10.4. The average molecular weight is 498 g/mol. The van der Waals surface area contributed by atoms with Gasteiger partial charge in [-0.05, 0) is 88.6 Å². The largest absolute Gasteiger partial charge is 0.327 e. The highest BCUT2D eigenvalue weighted by molar-refractivity contribution is 14.1. The SMILES string of the molecule is [C-]#[N+]c1ccc(CCCC)c(NC(=O)[C@@H]2C[C@]23CC(C)(C)c2ccc(I)cc23)c1. The monoisotopic (exact) mass is 498 g/mol. The fourth-order valence-electron chi connectivity index (χ4n) is 5.20. The van der Waals surface area contributed by atoms with Crippen LogP contribution in [0.5, 0.6) is 0 Å². The first kappa shape index (κ1) is 20.4. The Bertz CT molecular complexity index is 1020. The Kier molecular flexibility index (Phi) is 5.23. The molecule has 0 bridgehead atoms. The Morgan fingerprint density at radius 1 is 1.24 bits per heavy atom. The predicted molar refractivity (Wildman–Crippen MR) is 127 cm³/mol. The molecule has 29 heavy (non-hydrogen) atoms. The van der Waals surface area contributed by atoms with Gasteiger partial charge in [-0.25, -0.2) is 4.85 Å². The Labute approximate surface area is 187 Å². The summed E-state index contributed by atoms with van der Waals surface area (Å²) in [7, 11) is 0. The quantitative estimate of drug-likeness (QED) is 0.359. The lowest BCUT2D eigenvalue weighted by molar-refractivity contribution is -0.117. The summed E-state index contributed by atoms with van der Waals surface area (Å²) >= 11 is 2.37. The van der Waals surface area contributed by atoms with Crippen LogP contribution in [0.15, 0.2) is 36.4 Å². The van der Waals surface area contributed by atoms with Crippen molar-refractivity contribution in [1.29, 1.82) is 0 Å². The lowest BCUT2D eigenvalue weighted by Crippen LogP contribution is -2.22. The maximum absolute atomic E-state index is 13.3. The van der Waals surface area contributed by atoms with E-state index in [2.05, 4.69) is 71.7 Å². The number of carbonyl (C=O) groups is 1. The number of fused-ring (bicyclic) bond motifs is 2. The zero-order chi connectivity index (χ0) is 20.8. The van der Waals surface area contributed by atoms with Gasteiger partial charge < -0.3 is 5.32 Å². The molecule has 150 valence electrons. The zero-order valence-electron chi connectivity index (χ0n) is 17.3. The van der Waals surface area contributed by atoms with Crippen LogP contribution in [0, 0.1) is 16.1 Å². The highest BCUT2D eigenvalue weighted by atomic mass is 127. The van der Waals surface area contributed by atoms with Crippen molar-refractivity contribution in [2.24, 2.45) is 5.92 Å². The van der Waals surface area contributed by atoms with Crippen molar-refractivity contribution >= 4 is 39.9 Å². The summed E-state index contributed by atoms with van der Waals surface area (Å²) in [5.74, 6) is 0.115. The molecule has 0 unspecified atom stereocenters. The second kappa shape index (κ2) is 7.43. The molecule has 0 saturated heterocycles. The summed E-state index contributed by atoms with van der Waals surface area (Å²) < 4.78 is 1.23. The summed E-state index contributed by atoms with van der Waals surface area (Å²) in [5.41, 5.74) is 5.37. The van der Waals surface area contributed by atoms with Gasteiger partial charge in [-0.3, -0.25) is 4.79 Å². The van der Waals surface area contributed by atoms with Gasteiger partial charge in [-0.2, -0.15) is 0 Å². The molecule has 1 spiro atoms. The van der Waals surface area contributed by atoms with E-state index in [1.165, 1.54) is 14.7 Å². The van der Waals surface area contributed by atoms with Crippen LogP contribution in [-0.4, -0.2) is 5.91 Å². The normalized spacial score (nSPS) is 23.5. The lowest BCUT2D eigenvalue weighted by atomic mass is 9.85. The van der Waals surface area contributed by atoms with Crippen LogP contribution in [0.1, 0.15) is 63.1 Å². The molecule has 2 aromatic carbocycles. The van der Waals surface area contributed by atoms with E-state index in [0.717, 1.165) is 43.4 Å². The van der Waals surface area contributed by atoms with Crippen LogP contribution in [0.3, 0.4) is 0 Å². The third kappa shape index (κ3) is 3.59.